The molecule has 7 nitrogen and oxygen atoms in total. The van der Waals surface area contributed by atoms with Crippen molar-refractivity contribution in [3.63, 3.8) is 0 Å². The number of pyridine rings is 1. The van der Waals surface area contributed by atoms with Gasteiger partial charge in [0.1, 0.15) is 17.3 Å². The van der Waals surface area contributed by atoms with E-state index in [4.69, 9.17) is 9.72 Å². The zero-order valence-electron chi connectivity index (χ0n) is 17.1. The molecular weight excluding hydrogens is 378 g/mol. The highest BCUT2D eigenvalue weighted by Crippen LogP contribution is 2.28. The molecule has 0 spiro atoms. The molecule has 2 heterocycles. The van der Waals surface area contributed by atoms with E-state index in [0.29, 0.717) is 23.9 Å². The number of carbonyl (C=O) groups is 1. The van der Waals surface area contributed by atoms with Crippen LogP contribution in [0.5, 0.6) is 11.5 Å². The lowest BCUT2D eigenvalue weighted by Gasteiger charge is -2.08. The second-order valence-electron chi connectivity index (χ2n) is 7.14. The number of rotatable bonds is 6. The molecule has 0 unspecified atom stereocenters. The van der Waals surface area contributed by atoms with Crippen LogP contribution in [-0.2, 0) is 18.4 Å². The summed E-state index contributed by atoms with van der Waals surface area (Å²) in [6.45, 7) is 4.22. The molecule has 0 atom stereocenters. The number of benzene rings is 2. The first-order chi connectivity index (χ1) is 14.5. The number of imidazole rings is 1. The monoisotopic (exact) mass is 401 g/mol. The number of amides is 1. The van der Waals surface area contributed by atoms with E-state index >= 15 is 0 Å². The molecule has 0 aliphatic carbocycles. The Morgan fingerprint density at radius 2 is 1.83 bits per heavy atom. The largest absolute Gasteiger partial charge is 0.457 e. The third kappa shape index (κ3) is 4.41. The maximum atomic E-state index is 11.2. The SMILES string of the molecule is CC(=O)Nc1cc(Oc2ccc3c(c2)nc(NCc2ccc(C)cc2)n3C)ccn1. The van der Waals surface area contributed by atoms with E-state index in [1.54, 1.807) is 18.3 Å². The van der Waals surface area contributed by atoms with Gasteiger partial charge in [0.25, 0.3) is 0 Å². The Kier molecular flexibility index (Phi) is 5.34. The maximum Gasteiger partial charge on any atom is 0.222 e. The number of hydrogen-bond donors (Lipinski definition) is 2. The summed E-state index contributed by atoms with van der Waals surface area (Å²) in [5.41, 5.74) is 4.27. The van der Waals surface area contributed by atoms with Crippen molar-refractivity contribution in [3.05, 3.63) is 71.9 Å². The molecule has 2 aromatic heterocycles. The minimum absolute atomic E-state index is 0.180. The summed E-state index contributed by atoms with van der Waals surface area (Å²) in [5, 5.41) is 6.04. The fourth-order valence-corrected chi connectivity index (χ4v) is 3.15. The number of aryl methyl sites for hydroxylation is 2. The Morgan fingerprint density at radius 1 is 1.07 bits per heavy atom. The van der Waals surface area contributed by atoms with Crippen LogP contribution < -0.4 is 15.4 Å². The van der Waals surface area contributed by atoms with E-state index < -0.39 is 0 Å². The lowest BCUT2D eigenvalue weighted by atomic mass is 10.1. The van der Waals surface area contributed by atoms with Gasteiger partial charge in [-0.3, -0.25) is 4.79 Å². The van der Waals surface area contributed by atoms with Crippen molar-refractivity contribution < 1.29 is 9.53 Å². The van der Waals surface area contributed by atoms with Gasteiger partial charge in [-0.15, -0.1) is 0 Å². The first-order valence-electron chi connectivity index (χ1n) is 9.65. The van der Waals surface area contributed by atoms with Crippen LogP contribution in [0.4, 0.5) is 11.8 Å². The summed E-state index contributed by atoms with van der Waals surface area (Å²) in [6, 6.07) is 17.6. The standard InChI is InChI=1S/C23H23N5O2/c1-15-4-6-17(7-5-15)14-25-23-27-20-12-18(8-9-21(20)28(23)3)30-19-10-11-24-22(13-19)26-16(2)29/h4-13H,14H2,1-3H3,(H,25,27)(H,24,26,29). The predicted molar refractivity (Wildman–Crippen MR) is 118 cm³/mol. The zero-order valence-corrected chi connectivity index (χ0v) is 17.1. The topological polar surface area (TPSA) is 81.1 Å². The molecule has 0 aliphatic rings. The van der Waals surface area contributed by atoms with E-state index in [-0.39, 0.29) is 5.91 Å². The summed E-state index contributed by atoms with van der Waals surface area (Å²) < 4.78 is 7.96. The number of ether oxygens (including phenoxy) is 1. The molecule has 0 radical (unpaired) electrons. The van der Waals surface area contributed by atoms with Crippen molar-refractivity contribution in [1.29, 1.82) is 0 Å². The van der Waals surface area contributed by atoms with Gasteiger partial charge in [-0.25, -0.2) is 9.97 Å². The third-order valence-electron chi connectivity index (χ3n) is 4.69. The lowest BCUT2D eigenvalue weighted by molar-refractivity contribution is -0.114. The minimum Gasteiger partial charge on any atom is -0.457 e. The Labute approximate surface area is 174 Å². The van der Waals surface area contributed by atoms with Gasteiger partial charge in [0, 0.05) is 38.8 Å². The molecule has 0 saturated heterocycles. The molecule has 0 saturated carbocycles. The van der Waals surface area contributed by atoms with Gasteiger partial charge in [0.05, 0.1) is 11.0 Å². The van der Waals surface area contributed by atoms with Gasteiger partial charge in [-0.05, 0) is 30.7 Å². The van der Waals surface area contributed by atoms with Gasteiger partial charge in [0.2, 0.25) is 11.9 Å². The van der Waals surface area contributed by atoms with Crippen molar-refractivity contribution >= 4 is 28.7 Å². The molecule has 0 aliphatic heterocycles. The third-order valence-corrected chi connectivity index (χ3v) is 4.69. The quantitative estimate of drug-likeness (QED) is 0.492. The van der Waals surface area contributed by atoms with E-state index in [1.165, 1.54) is 18.1 Å². The molecule has 7 heteroatoms. The number of aromatic nitrogens is 3. The summed E-state index contributed by atoms with van der Waals surface area (Å²) in [6.07, 6.45) is 1.59. The number of nitrogens with one attached hydrogen (secondary N) is 2. The van der Waals surface area contributed by atoms with Crippen molar-refractivity contribution in [2.75, 3.05) is 10.6 Å². The van der Waals surface area contributed by atoms with Crippen LogP contribution in [0.25, 0.3) is 11.0 Å². The molecular formula is C23H23N5O2. The predicted octanol–water partition coefficient (Wildman–Crippen LogP) is 4.64. The van der Waals surface area contributed by atoms with E-state index in [0.717, 1.165) is 17.0 Å². The van der Waals surface area contributed by atoms with Gasteiger partial charge < -0.3 is 19.9 Å². The fourth-order valence-electron chi connectivity index (χ4n) is 3.15. The molecule has 152 valence electrons. The van der Waals surface area contributed by atoms with Gasteiger partial charge in [-0.2, -0.15) is 0 Å². The Bertz CT molecular complexity index is 1200. The summed E-state index contributed by atoms with van der Waals surface area (Å²) >= 11 is 0. The van der Waals surface area contributed by atoms with E-state index in [1.807, 2.05) is 29.8 Å². The van der Waals surface area contributed by atoms with Crippen LogP contribution in [0.2, 0.25) is 0 Å². The van der Waals surface area contributed by atoms with E-state index in [9.17, 15) is 4.79 Å². The van der Waals surface area contributed by atoms with Crippen molar-refractivity contribution in [1.82, 2.24) is 14.5 Å². The first-order valence-corrected chi connectivity index (χ1v) is 9.65. The number of fused-ring (bicyclic) bond motifs is 1. The van der Waals surface area contributed by atoms with Crippen molar-refractivity contribution in [2.24, 2.45) is 7.05 Å². The Morgan fingerprint density at radius 3 is 2.60 bits per heavy atom. The van der Waals surface area contributed by atoms with Crippen LogP contribution >= 0.6 is 0 Å². The highest BCUT2D eigenvalue weighted by Gasteiger charge is 2.10. The normalized spacial score (nSPS) is 10.8. The average molecular weight is 401 g/mol. The van der Waals surface area contributed by atoms with Gasteiger partial charge >= 0.3 is 0 Å². The molecule has 1 amide bonds. The van der Waals surface area contributed by atoms with Gasteiger partial charge in [0.15, 0.2) is 0 Å². The molecule has 30 heavy (non-hydrogen) atoms. The minimum atomic E-state index is -0.180. The summed E-state index contributed by atoms with van der Waals surface area (Å²) in [7, 11) is 1.98. The molecule has 0 fully saturated rings. The smallest absolute Gasteiger partial charge is 0.222 e. The molecule has 4 aromatic rings. The van der Waals surface area contributed by atoms with Crippen LogP contribution in [0.3, 0.4) is 0 Å². The number of nitrogens with zero attached hydrogens (tertiary/aromatic N) is 3. The zero-order chi connectivity index (χ0) is 21.1. The molecule has 2 N–H and O–H groups in total. The molecule has 2 aromatic carbocycles. The van der Waals surface area contributed by atoms with Crippen LogP contribution in [0.1, 0.15) is 18.1 Å². The second-order valence-corrected chi connectivity index (χ2v) is 7.14. The number of carbonyl (C=O) groups excluding carboxylic acids is 1. The van der Waals surface area contributed by atoms with Crippen LogP contribution in [-0.4, -0.2) is 20.4 Å². The number of hydrogen-bond acceptors (Lipinski definition) is 5. The van der Waals surface area contributed by atoms with E-state index in [2.05, 4.69) is 46.8 Å². The highest BCUT2D eigenvalue weighted by atomic mass is 16.5. The second kappa shape index (κ2) is 8.24. The van der Waals surface area contributed by atoms with Crippen LogP contribution in [0.15, 0.2) is 60.8 Å². The Hall–Kier alpha value is -3.87. The fraction of sp³-hybridized carbons (Fsp3) is 0.174. The van der Waals surface area contributed by atoms with Crippen molar-refractivity contribution in [3.8, 4) is 11.5 Å². The molecule has 0 bridgehead atoms. The lowest BCUT2D eigenvalue weighted by Crippen LogP contribution is -2.07. The van der Waals surface area contributed by atoms with Crippen molar-refractivity contribution in [2.45, 2.75) is 20.4 Å². The van der Waals surface area contributed by atoms with Crippen LogP contribution in [0, 0.1) is 6.92 Å². The van der Waals surface area contributed by atoms with Gasteiger partial charge in [-0.1, -0.05) is 29.8 Å². The maximum absolute atomic E-state index is 11.2. The summed E-state index contributed by atoms with van der Waals surface area (Å²) in [4.78, 5) is 20.0. The summed E-state index contributed by atoms with van der Waals surface area (Å²) in [5.74, 6) is 2.30. The average Bonchev–Trinajstić information content (AvgIpc) is 3.02. The first kappa shape index (κ1) is 19.4. The Balaban J connectivity index is 1.51. The highest BCUT2D eigenvalue weighted by molar-refractivity contribution is 5.87. The number of anilines is 2. The molecule has 4 rings (SSSR count).